The molecule has 3 rings (SSSR count). The van der Waals surface area contributed by atoms with Crippen molar-refractivity contribution in [3.63, 3.8) is 0 Å². The molecular formula is C14H12N4O3. The fourth-order valence-electron chi connectivity index (χ4n) is 2.20. The second-order valence-electron chi connectivity index (χ2n) is 4.54. The minimum Gasteiger partial charge on any atom is -0.333 e. The van der Waals surface area contributed by atoms with E-state index in [0.29, 0.717) is 11.3 Å². The second-order valence-corrected chi connectivity index (χ2v) is 4.54. The van der Waals surface area contributed by atoms with Gasteiger partial charge in [-0.05, 0) is 19.1 Å². The molecule has 0 saturated heterocycles. The topological polar surface area (TPSA) is 82.4 Å². The van der Waals surface area contributed by atoms with Crippen molar-refractivity contribution < 1.29 is 4.92 Å². The quantitative estimate of drug-likeness (QED) is 0.544. The SMILES string of the molecule is CCn1ccc(=O)n2nc(-c3ccc([N+](=O)[O-])cc3)cc12. The number of aryl methyl sites for hydroxylation is 1. The molecule has 0 aliphatic carbocycles. The Hall–Kier alpha value is -2.96. The van der Waals surface area contributed by atoms with E-state index in [4.69, 9.17) is 0 Å². The molecule has 2 aromatic heterocycles. The largest absolute Gasteiger partial charge is 0.333 e. The van der Waals surface area contributed by atoms with Crippen LogP contribution in [0.2, 0.25) is 0 Å². The fourth-order valence-corrected chi connectivity index (χ4v) is 2.20. The van der Waals surface area contributed by atoms with Crippen LogP contribution in [-0.2, 0) is 6.54 Å². The molecule has 0 N–H and O–H groups in total. The molecule has 106 valence electrons. The maximum atomic E-state index is 11.8. The highest BCUT2D eigenvalue weighted by atomic mass is 16.6. The van der Waals surface area contributed by atoms with Gasteiger partial charge in [0.05, 0.1) is 10.6 Å². The molecule has 21 heavy (non-hydrogen) atoms. The molecule has 0 radical (unpaired) electrons. The summed E-state index contributed by atoms with van der Waals surface area (Å²) in [6.45, 7) is 2.69. The lowest BCUT2D eigenvalue weighted by Crippen LogP contribution is -2.16. The van der Waals surface area contributed by atoms with E-state index in [1.165, 1.54) is 22.7 Å². The Labute approximate surface area is 119 Å². The summed E-state index contributed by atoms with van der Waals surface area (Å²) < 4.78 is 3.24. The van der Waals surface area contributed by atoms with E-state index in [0.717, 1.165) is 12.1 Å². The van der Waals surface area contributed by atoms with Gasteiger partial charge in [-0.1, -0.05) is 0 Å². The van der Waals surface area contributed by atoms with E-state index >= 15 is 0 Å². The number of rotatable bonds is 3. The van der Waals surface area contributed by atoms with Crippen LogP contribution in [0.3, 0.4) is 0 Å². The Morgan fingerprint density at radius 3 is 2.57 bits per heavy atom. The number of hydrogen-bond acceptors (Lipinski definition) is 4. The standard InChI is InChI=1S/C14H12N4O3/c1-2-16-8-7-14(19)17-13(16)9-12(15-17)10-3-5-11(6-4-10)18(20)21/h3-9H,2H2,1H3. The molecule has 0 aliphatic heterocycles. The molecule has 0 fully saturated rings. The van der Waals surface area contributed by atoms with Crippen LogP contribution in [0.25, 0.3) is 16.9 Å². The van der Waals surface area contributed by atoms with E-state index < -0.39 is 4.92 Å². The first-order valence-electron chi connectivity index (χ1n) is 6.44. The lowest BCUT2D eigenvalue weighted by molar-refractivity contribution is -0.384. The van der Waals surface area contributed by atoms with Gasteiger partial charge in [0.25, 0.3) is 11.2 Å². The van der Waals surface area contributed by atoms with Crippen LogP contribution in [0.1, 0.15) is 6.92 Å². The Morgan fingerprint density at radius 1 is 1.24 bits per heavy atom. The summed E-state index contributed by atoms with van der Waals surface area (Å²) in [6.07, 6.45) is 1.72. The Kier molecular flexibility index (Phi) is 3.02. The number of non-ortho nitro benzene ring substituents is 1. The number of nitro groups is 1. The molecule has 0 unspecified atom stereocenters. The van der Waals surface area contributed by atoms with Crippen molar-refractivity contribution in [1.29, 1.82) is 0 Å². The highest BCUT2D eigenvalue weighted by Crippen LogP contribution is 2.22. The van der Waals surface area contributed by atoms with E-state index in [2.05, 4.69) is 5.10 Å². The summed E-state index contributed by atoms with van der Waals surface area (Å²) in [5.41, 5.74) is 1.85. The fraction of sp³-hybridized carbons (Fsp3) is 0.143. The van der Waals surface area contributed by atoms with Gasteiger partial charge in [0, 0.05) is 42.6 Å². The van der Waals surface area contributed by atoms with Crippen LogP contribution in [-0.4, -0.2) is 19.1 Å². The van der Waals surface area contributed by atoms with Crippen molar-refractivity contribution in [2.24, 2.45) is 0 Å². The smallest absolute Gasteiger partial charge is 0.274 e. The minimum atomic E-state index is -0.450. The number of fused-ring (bicyclic) bond motifs is 1. The number of aromatic nitrogens is 3. The molecule has 0 amide bonds. The van der Waals surface area contributed by atoms with Crippen LogP contribution >= 0.6 is 0 Å². The second kappa shape index (κ2) is 4.86. The molecular weight excluding hydrogens is 272 g/mol. The Balaban J connectivity index is 2.15. The van der Waals surface area contributed by atoms with Gasteiger partial charge in [0.15, 0.2) is 0 Å². The third-order valence-electron chi connectivity index (χ3n) is 3.31. The zero-order valence-electron chi connectivity index (χ0n) is 11.3. The van der Waals surface area contributed by atoms with Gasteiger partial charge in [0.2, 0.25) is 0 Å². The molecule has 0 atom stereocenters. The Bertz CT molecular complexity index is 877. The molecule has 7 heteroatoms. The zero-order valence-corrected chi connectivity index (χ0v) is 11.3. The third-order valence-corrected chi connectivity index (χ3v) is 3.31. The van der Waals surface area contributed by atoms with Crippen LogP contribution in [0.15, 0.2) is 47.4 Å². The van der Waals surface area contributed by atoms with Gasteiger partial charge >= 0.3 is 0 Å². The van der Waals surface area contributed by atoms with Crippen molar-refractivity contribution in [2.75, 3.05) is 0 Å². The summed E-state index contributed by atoms with van der Waals surface area (Å²) in [4.78, 5) is 22.0. The normalized spacial score (nSPS) is 10.9. The first-order valence-corrected chi connectivity index (χ1v) is 6.44. The van der Waals surface area contributed by atoms with Gasteiger partial charge < -0.3 is 4.57 Å². The van der Waals surface area contributed by atoms with Crippen molar-refractivity contribution >= 4 is 11.3 Å². The van der Waals surface area contributed by atoms with Crippen LogP contribution in [0, 0.1) is 10.1 Å². The lowest BCUT2D eigenvalue weighted by Gasteiger charge is -2.02. The first-order chi connectivity index (χ1) is 10.1. The predicted octanol–water partition coefficient (Wildman–Crippen LogP) is 2.09. The van der Waals surface area contributed by atoms with Gasteiger partial charge in [-0.15, -0.1) is 0 Å². The van der Waals surface area contributed by atoms with E-state index in [1.54, 1.807) is 24.4 Å². The number of benzene rings is 1. The highest BCUT2D eigenvalue weighted by molar-refractivity contribution is 5.65. The number of nitrogens with zero attached hydrogens (tertiary/aromatic N) is 4. The Morgan fingerprint density at radius 2 is 1.95 bits per heavy atom. The molecule has 2 heterocycles. The number of hydrogen-bond donors (Lipinski definition) is 0. The number of nitro benzene ring substituents is 1. The summed E-state index contributed by atoms with van der Waals surface area (Å²) in [7, 11) is 0. The summed E-state index contributed by atoms with van der Waals surface area (Å²) in [6, 6.07) is 9.35. The van der Waals surface area contributed by atoms with Crippen LogP contribution < -0.4 is 5.56 Å². The lowest BCUT2D eigenvalue weighted by atomic mass is 10.1. The van der Waals surface area contributed by atoms with Crippen molar-refractivity contribution in [3.05, 3.63) is 63.1 Å². The first kappa shape index (κ1) is 13.0. The zero-order chi connectivity index (χ0) is 15.0. The summed E-state index contributed by atoms with van der Waals surface area (Å²) >= 11 is 0. The van der Waals surface area contributed by atoms with E-state index in [-0.39, 0.29) is 11.2 Å². The summed E-state index contributed by atoms with van der Waals surface area (Å²) in [5, 5.41) is 14.9. The third kappa shape index (κ3) is 2.18. The van der Waals surface area contributed by atoms with Gasteiger partial charge in [-0.25, -0.2) is 0 Å². The average molecular weight is 284 g/mol. The minimum absolute atomic E-state index is 0.0238. The molecule has 3 aromatic rings. The van der Waals surface area contributed by atoms with E-state index in [9.17, 15) is 14.9 Å². The maximum Gasteiger partial charge on any atom is 0.274 e. The van der Waals surface area contributed by atoms with Gasteiger partial charge in [-0.3, -0.25) is 14.9 Å². The average Bonchev–Trinajstić information content (AvgIpc) is 2.94. The van der Waals surface area contributed by atoms with Gasteiger partial charge in [-0.2, -0.15) is 9.61 Å². The van der Waals surface area contributed by atoms with Crippen LogP contribution in [0.4, 0.5) is 5.69 Å². The molecule has 0 bridgehead atoms. The van der Waals surface area contributed by atoms with Crippen molar-refractivity contribution in [2.45, 2.75) is 13.5 Å². The molecule has 0 aliphatic rings. The van der Waals surface area contributed by atoms with E-state index in [1.807, 2.05) is 11.5 Å². The maximum absolute atomic E-state index is 11.8. The van der Waals surface area contributed by atoms with Gasteiger partial charge in [0.1, 0.15) is 5.65 Å². The molecule has 0 spiro atoms. The molecule has 0 saturated carbocycles. The molecule has 7 nitrogen and oxygen atoms in total. The van der Waals surface area contributed by atoms with Crippen molar-refractivity contribution in [1.82, 2.24) is 14.2 Å². The van der Waals surface area contributed by atoms with Crippen LogP contribution in [0.5, 0.6) is 0 Å². The predicted molar refractivity (Wildman–Crippen MR) is 77.2 cm³/mol. The monoisotopic (exact) mass is 284 g/mol. The molecule has 1 aromatic carbocycles. The summed E-state index contributed by atoms with van der Waals surface area (Å²) in [5.74, 6) is 0. The van der Waals surface area contributed by atoms with Crippen molar-refractivity contribution in [3.8, 4) is 11.3 Å². The highest BCUT2D eigenvalue weighted by Gasteiger charge is 2.10.